The molecule has 15 heavy (non-hydrogen) atoms. The first-order valence-corrected chi connectivity index (χ1v) is 4.75. The number of allylic oxidation sites excluding steroid dienone is 1. The second-order valence-electron chi connectivity index (χ2n) is 3.11. The van der Waals surface area contributed by atoms with Gasteiger partial charge in [-0.3, -0.25) is 0 Å². The summed E-state index contributed by atoms with van der Waals surface area (Å²) in [6, 6.07) is 3.93. The van der Waals surface area contributed by atoms with Crippen LogP contribution in [0.25, 0.3) is 6.08 Å². The lowest BCUT2D eigenvalue weighted by molar-refractivity contribution is 0.352. The van der Waals surface area contributed by atoms with Gasteiger partial charge in [0.25, 0.3) is 0 Å². The van der Waals surface area contributed by atoms with E-state index < -0.39 is 0 Å². The Morgan fingerprint density at radius 2 is 1.93 bits per heavy atom. The molecule has 0 heterocycles. The van der Waals surface area contributed by atoms with Gasteiger partial charge < -0.3 is 9.47 Å². The first-order valence-electron chi connectivity index (χ1n) is 4.75. The van der Waals surface area contributed by atoms with Gasteiger partial charge in [-0.15, -0.1) is 6.58 Å². The van der Waals surface area contributed by atoms with Crippen molar-refractivity contribution in [3.8, 4) is 11.5 Å². The van der Waals surface area contributed by atoms with E-state index in [1.807, 2.05) is 18.2 Å². The van der Waals surface area contributed by atoms with Gasteiger partial charge in [0.2, 0.25) is 0 Å². The van der Waals surface area contributed by atoms with E-state index in [0.717, 1.165) is 29.0 Å². The van der Waals surface area contributed by atoms with Gasteiger partial charge in [-0.05, 0) is 24.1 Å². The third kappa shape index (κ3) is 2.40. The summed E-state index contributed by atoms with van der Waals surface area (Å²) in [5, 5.41) is 0. The molecule has 0 radical (unpaired) electrons. The number of hydrogen-bond donors (Lipinski definition) is 0. The zero-order valence-electron chi connectivity index (χ0n) is 9.25. The van der Waals surface area contributed by atoms with Crippen LogP contribution >= 0.6 is 0 Å². The molecule has 80 valence electrons. The SMILES string of the molecule is C=CCc1cc(C=C)cc(OC)c1OC. The lowest BCUT2D eigenvalue weighted by Gasteiger charge is -2.12. The molecule has 0 unspecified atom stereocenters. The zero-order chi connectivity index (χ0) is 11.3. The summed E-state index contributed by atoms with van der Waals surface area (Å²) in [5.41, 5.74) is 2.08. The van der Waals surface area contributed by atoms with Crippen molar-refractivity contribution < 1.29 is 9.47 Å². The van der Waals surface area contributed by atoms with Crippen LogP contribution < -0.4 is 9.47 Å². The Hall–Kier alpha value is -1.70. The highest BCUT2D eigenvalue weighted by Gasteiger charge is 2.09. The molecule has 0 N–H and O–H groups in total. The molecule has 1 aromatic carbocycles. The van der Waals surface area contributed by atoms with E-state index in [0.29, 0.717) is 0 Å². The minimum atomic E-state index is 0.728. The Bertz CT molecular complexity index is 367. The van der Waals surface area contributed by atoms with Gasteiger partial charge in [0.15, 0.2) is 11.5 Å². The van der Waals surface area contributed by atoms with E-state index in [-0.39, 0.29) is 0 Å². The molecular weight excluding hydrogens is 188 g/mol. The highest BCUT2D eigenvalue weighted by molar-refractivity contribution is 5.58. The van der Waals surface area contributed by atoms with Crippen LogP contribution in [0.3, 0.4) is 0 Å². The molecule has 2 heteroatoms. The van der Waals surface area contributed by atoms with Crippen LogP contribution in [-0.2, 0) is 6.42 Å². The van der Waals surface area contributed by atoms with Gasteiger partial charge in [-0.2, -0.15) is 0 Å². The number of rotatable bonds is 5. The Kier molecular flexibility index (Phi) is 3.98. The van der Waals surface area contributed by atoms with Crippen molar-refractivity contribution in [2.75, 3.05) is 14.2 Å². The average Bonchev–Trinajstić information content (AvgIpc) is 2.28. The summed E-state index contributed by atoms with van der Waals surface area (Å²) >= 11 is 0. The second kappa shape index (κ2) is 5.25. The fourth-order valence-electron chi connectivity index (χ4n) is 1.49. The second-order valence-corrected chi connectivity index (χ2v) is 3.11. The van der Waals surface area contributed by atoms with E-state index >= 15 is 0 Å². The van der Waals surface area contributed by atoms with Crippen molar-refractivity contribution in [2.24, 2.45) is 0 Å². The standard InChI is InChI=1S/C13H16O2/c1-5-7-11-8-10(6-2)9-12(14-3)13(11)15-4/h5-6,8-9H,1-2,7H2,3-4H3. The molecular formula is C13H16O2. The fraction of sp³-hybridized carbons (Fsp3) is 0.231. The van der Waals surface area contributed by atoms with Gasteiger partial charge in [-0.1, -0.05) is 18.7 Å². The Morgan fingerprint density at radius 3 is 2.40 bits per heavy atom. The predicted molar refractivity (Wildman–Crippen MR) is 63.5 cm³/mol. The maximum absolute atomic E-state index is 5.31. The largest absolute Gasteiger partial charge is 0.493 e. The predicted octanol–water partition coefficient (Wildman–Crippen LogP) is 3.08. The topological polar surface area (TPSA) is 18.5 Å². The molecule has 0 amide bonds. The van der Waals surface area contributed by atoms with E-state index in [2.05, 4.69) is 13.2 Å². The molecule has 0 atom stereocenters. The zero-order valence-corrected chi connectivity index (χ0v) is 9.25. The molecule has 0 spiro atoms. The van der Waals surface area contributed by atoms with Crippen LogP contribution in [0.4, 0.5) is 0 Å². The van der Waals surface area contributed by atoms with Crippen LogP contribution in [0, 0.1) is 0 Å². The van der Waals surface area contributed by atoms with Crippen molar-refractivity contribution in [2.45, 2.75) is 6.42 Å². The minimum absolute atomic E-state index is 0.728. The lowest BCUT2D eigenvalue weighted by atomic mass is 10.1. The lowest BCUT2D eigenvalue weighted by Crippen LogP contribution is -1.96. The van der Waals surface area contributed by atoms with E-state index in [1.165, 1.54) is 0 Å². The monoisotopic (exact) mass is 204 g/mol. The summed E-state index contributed by atoms with van der Waals surface area (Å²) < 4.78 is 10.6. The third-order valence-corrected chi connectivity index (χ3v) is 2.18. The van der Waals surface area contributed by atoms with Crippen molar-refractivity contribution in [1.82, 2.24) is 0 Å². The molecule has 1 aromatic rings. The van der Waals surface area contributed by atoms with Crippen molar-refractivity contribution in [1.29, 1.82) is 0 Å². The summed E-state index contributed by atoms with van der Waals surface area (Å²) in [4.78, 5) is 0. The van der Waals surface area contributed by atoms with Crippen LogP contribution in [-0.4, -0.2) is 14.2 Å². The highest BCUT2D eigenvalue weighted by Crippen LogP contribution is 2.33. The molecule has 0 aliphatic rings. The maximum atomic E-state index is 5.31. The molecule has 0 saturated heterocycles. The van der Waals surface area contributed by atoms with E-state index in [9.17, 15) is 0 Å². The van der Waals surface area contributed by atoms with Gasteiger partial charge in [0.05, 0.1) is 14.2 Å². The van der Waals surface area contributed by atoms with Crippen LogP contribution in [0.15, 0.2) is 31.4 Å². The van der Waals surface area contributed by atoms with Gasteiger partial charge >= 0.3 is 0 Å². The first-order chi connectivity index (χ1) is 7.26. The molecule has 1 rings (SSSR count). The average molecular weight is 204 g/mol. The summed E-state index contributed by atoms with van der Waals surface area (Å²) in [6.45, 7) is 7.46. The number of hydrogen-bond acceptors (Lipinski definition) is 2. The Labute approximate surface area is 90.8 Å². The first kappa shape index (κ1) is 11.4. The fourth-order valence-corrected chi connectivity index (χ4v) is 1.49. The summed E-state index contributed by atoms with van der Waals surface area (Å²) in [6.07, 6.45) is 4.37. The third-order valence-electron chi connectivity index (χ3n) is 2.18. The Morgan fingerprint density at radius 1 is 1.20 bits per heavy atom. The molecule has 0 aliphatic heterocycles. The van der Waals surface area contributed by atoms with Crippen molar-refractivity contribution in [3.05, 3.63) is 42.5 Å². The van der Waals surface area contributed by atoms with Gasteiger partial charge in [-0.25, -0.2) is 0 Å². The smallest absolute Gasteiger partial charge is 0.164 e. The van der Waals surface area contributed by atoms with E-state index in [4.69, 9.17) is 9.47 Å². The van der Waals surface area contributed by atoms with Crippen LogP contribution in [0.5, 0.6) is 11.5 Å². The number of benzene rings is 1. The molecule has 0 fully saturated rings. The highest BCUT2D eigenvalue weighted by atomic mass is 16.5. The van der Waals surface area contributed by atoms with Gasteiger partial charge in [0, 0.05) is 5.56 Å². The van der Waals surface area contributed by atoms with Crippen LogP contribution in [0.1, 0.15) is 11.1 Å². The maximum Gasteiger partial charge on any atom is 0.164 e. The molecule has 0 aliphatic carbocycles. The molecule has 2 nitrogen and oxygen atoms in total. The minimum Gasteiger partial charge on any atom is -0.493 e. The summed E-state index contributed by atoms with van der Waals surface area (Å²) in [7, 11) is 3.26. The molecule has 0 saturated carbocycles. The van der Waals surface area contributed by atoms with Crippen LogP contribution in [0.2, 0.25) is 0 Å². The van der Waals surface area contributed by atoms with Crippen molar-refractivity contribution in [3.63, 3.8) is 0 Å². The quantitative estimate of drug-likeness (QED) is 0.686. The summed E-state index contributed by atoms with van der Waals surface area (Å²) in [5.74, 6) is 1.50. The van der Waals surface area contributed by atoms with Gasteiger partial charge in [0.1, 0.15) is 0 Å². The van der Waals surface area contributed by atoms with Crippen molar-refractivity contribution >= 4 is 6.08 Å². The van der Waals surface area contributed by atoms with E-state index in [1.54, 1.807) is 20.3 Å². The number of ether oxygens (including phenoxy) is 2. The normalized spacial score (nSPS) is 9.47. The molecule has 0 bridgehead atoms. The Balaban J connectivity index is 3.31. The molecule has 0 aromatic heterocycles. The number of methoxy groups -OCH3 is 2.